The minimum Gasteiger partial charge on any atom is -0.457 e. The van der Waals surface area contributed by atoms with Crippen molar-refractivity contribution in [1.29, 1.82) is 0 Å². The number of nitrogens with two attached hydrogens (primary N) is 1. The highest BCUT2D eigenvalue weighted by molar-refractivity contribution is 5.97. The number of amides is 1. The van der Waals surface area contributed by atoms with Crippen LogP contribution < -0.4 is 16.0 Å². The molecule has 1 heterocycles. The number of nitrogen functional groups attached to an aromatic ring is 1. The lowest BCUT2D eigenvalue weighted by Crippen LogP contribution is -2.20. The lowest BCUT2D eigenvalue weighted by molar-refractivity contribution is -0.132. The molecular weight excluding hydrogens is 306 g/mol. The first-order chi connectivity index (χ1) is 11.6. The van der Waals surface area contributed by atoms with Crippen LogP contribution in [0.15, 0.2) is 54.7 Å². The highest BCUT2D eigenvalue weighted by Crippen LogP contribution is 2.33. The predicted octanol–water partition coefficient (Wildman–Crippen LogP) is 3.18. The number of nitrogens with one attached hydrogen (secondary N) is 1. The van der Waals surface area contributed by atoms with Gasteiger partial charge in [0.25, 0.3) is 0 Å². The molecule has 0 aliphatic rings. The van der Waals surface area contributed by atoms with E-state index < -0.39 is 0 Å². The molecule has 0 fully saturated rings. The van der Waals surface area contributed by atoms with Crippen LogP contribution in [0.25, 0.3) is 10.8 Å². The molecule has 0 unspecified atom stereocenters. The standard InChI is InChI=1S/C18H17N3O3/c1-12(22)21-23-11-13-10-14(8-9-20-13)24-18-7-6-17(19)15-4-2-3-5-16(15)18/h2-10H,11,19H2,1H3,(H,21,22). The predicted molar refractivity (Wildman–Crippen MR) is 91.3 cm³/mol. The third-order valence-corrected chi connectivity index (χ3v) is 3.37. The Kier molecular flexibility index (Phi) is 4.58. The molecule has 2 aromatic carbocycles. The van der Waals surface area contributed by atoms with E-state index in [2.05, 4.69) is 10.5 Å². The summed E-state index contributed by atoms with van der Waals surface area (Å²) in [6, 6.07) is 15.0. The Labute approximate surface area is 139 Å². The van der Waals surface area contributed by atoms with E-state index in [9.17, 15) is 4.79 Å². The molecular formula is C18H17N3O3. The molecule has 0 radical (unpaired) electrons. The van der Waals surface area contributed by atoms with E-state index in [4.69, 9.17) is 15.3 Å². The molecule has 6 nitrogen and oxygen atoms in total. The molecule has 0 atom stereocenters. The average Bonchev–Trinajstić information content (AvgIpc) is 2.58. The Morgan fingerprint density at radius 2 is 1.96 bits per heavy atom. The summed E-state index contributed by atoms with van der Waals surface area (Å²) < 4.78 is 5.98. The van der Waals surface area contributed by atoms with Crippen LogP contribution in [0.3, 0.4) is 0 Å². The molecule has 0 saturated heterocycles. The number of hydrogen-bond acceptors (Lipinski definition) is 5. The fourth-order valence-electron chi connectivity index (χ4n) is 2.32. The van der Waals surface area contributed by atoms with Gasteiger partial charge in [0.05, 0.1) is 5.69 Å². The van der Waals surface area contributed by atoms with Gasteiger partial charge in [0.1, 0.15) is 18.1 Å². The molecule has 24 heavy (non-hydrogen) atoms. The minimum atomic E-state index is -0.268. The van der Waals surface area contributed by atoms with E-state index in [1.807, 2.05) is 36.4 Å². The first-order valence-electron chi connectivity index (χ1n) is 7.42. The Balaban J connectivity index is 1.82. The summed E-state index contributed by atoms with van der Waals surface area (Å²) in [5, 5.41) is 1.88. The molecule has 0 bridgehead atoms. The second-order valence-corrected chi connectivity index (χ2v) is 5.23. The van der Waals surface area contributed by atoms with Gasteiger partial charge in [-0.1, -0.05) is 24.3 Å². The van der Waals surface area contributed by atoms with Crippen molar-refractivity contribution in [2.75, 3.05) is 5.73 Å². The number of hydroxylamine groups is 1. The number of fused-ring (bicyclic) bond motifs is 1. The second-order valence-electron chi connectivity index (χ2n) is 5.23. The number of rotatable bonds is 5. The SMILES string of the molecule is CC(=O)NOCc1cc(Oc2ccc(N)c3ccccc23)ccn1. The lowest BCUT2D eigenvalue weighted by Gasteiger charge is -2.11. The number of anilines is 1. The van der Waals surface area contributed by atoms with E-state index >= 15 is 0 Å². The fraction of sp³-hybridized carbons (Fsp3) is 0.111. The van der Waals surface area contributed by atoms with E-state index in [1.54, 1.807) is 18.3 Å². The van der Waals surface area contributed by atoms with Crippen molar-refractivity contribution in [3.8, 4) is 11.5 Å². The second kappa shape index (κ2) is 6.97. The Morgan fingerprint density at radius 1 is 1.17 bits per heavy atom. The molecule has 1 amide bonds. The van der Waals surface area contributed by atoms with Gasteiger partial charge in [0.15, 0.2) is 0 Å². The van der Waals surface area contributed by atoms with Crippen LogP contribution in [0.2, 0.25) is 0 Å². The zero-order valence-corrected chi connectivity index (χ0v) is 13.2. The molecule has 0 saturated carbocycles. The first-order valence-corrected chi connectivity index (χ1v) is 7.42. The molecule has 0 spiro atoms. The normalized spacial score (nSPS) is 10.5. The monoisotopic (exact) mass is 323 g/mol. The molecule has 1 aromatic heterocycles. The largest absolute Gasteiger partial charge is 0.457 e. The summed E-state index contributed by atoms with van der Waals surface area (Å²) in [5.74, 6) is 1.07. The number of carbonyl (C=O) groups excluding carboxylic acids is 1. The van der Waals surface area contributed by atoms with Gasteiger partial charge < -0.3 is 10.5 Å². The van der Waals surface area contributed by atoms with Gasteiger partial charge in [0, 0.05) is 35.6 Å². The highest BCUT2D eigenvalue weighted by Gasteiger charge is 2.07. The zero-order chi connectivity index (χ0) is 16.9. The molecule has 3 aromatic rings. The van der Waals surface area contributed by atoms with Crippen molar-refractivity contribution in [3.63, 3.8) is 0 Å². The topological polar surface area (TPSA) is 86.5 Å². The summed E-state index contributed by atoms with van der Waals surface area (Å²) in [4.78, 5) is 20.0. The number of benzene rings is 2. The van der Waals surface area contributed by atoms with Crippen molar-refractivity contribution in [2.45, 2.75) is 13.5 Å². The van der Waals surface area contributed by atoms with E-state index in [0.29, 0.717) is 22.9 Å². The van der Waals surface area contributed by atoms with Crippen molar-refractivity contribution in [3.05, 3.63) is 60.4 Å². The number of aromatic nitrogens is 1. The summed E-state index contributed by atoms with van der Waals surface area (Å²) in [6.45, 7) is 1.53. The molecule has 3 rings (SSSR count). The van der Waals surface area contributed by atoms with Crippen LogP contribution in [0.1, 0.15) is 12.6 Å². The zero-order valence-electron chi connectivity index (χ0n) is 13.2. The quantitative estimate of drug-likeness (QED) is 0.556. The Hall–Kier alpha value is -3.12. The number of ether oxygens (including phenoxy) is 1. The summed E-state index contributed by atoms with van der Waals surface area (Å²) in [6.07, 6.45) is 1.63. The third-order valence-electron chi connectivity index (χ3n) is 3.37. The maximum absolute atomic E-state index is 10.8. The lowest BCUT2D eigenvalue weighted by atomic mass is 10.1. The van der Waals surface area contributed by atoms with E-state index in [-0.39, 0.29) is 12.5 Å². The van der Waals surface area contributed by atoms with Crippen LogP contribution in [-0.4, -0.2) is 10.9 Å². The summed E-state index contributed by atoms with van der Waals surface area (Å²) in [5.41, 5.74) is 9.61. The maximum Gasteiger partial charge on any atom is 0.240 e. The van der Waals surface area contributed by atoms with Crippen LogP contribution in [0.5, 0.6) is 11.5 Å². The fourth-order valence-corrected chi connectivity index (χ4v) is 2.32. The Morgan fingerprint density at radius 3 is 2.75 bits per heavy atom. The molecule has 122 valence electrons. The number of carbonyl (C=O) groups is 1. The van der Waals surface area contributed by atoms with E-state index in [0.717, 1.165) is 10.8 Å². The van der Waals surface area contributed by atoms with Gasteiger partial charge in [-0.15, -0.1) is 0 Å². The van der Waals surface area contributed by atoms with Gasteiger partial charge in [-0.05, 0) is 18.2 Å². The van der Waals surface area contributed by atoms with Crippen LogP contribution in [-0.2, 0) is 16.2 Å². The molecule has 3 N–H and O–H groups in total. The molecule has 0 aliphatic heterocycles. The van der Waals surface area contributed by atoms with Crippen LogP contribution in [0.4, 0.5) is 5.69 Å². The van der Waals surface area contributed by atoms with Crippen molar-refractivity contribution in [2.24, 2.45) is 0 Å². The van der Waals surface area contributed by atoms with Gasteiger partial charge in [0.2, 0.25) is 5.91 Å². The number of pyridine rings is 1. The molecule has 6 heteroatoms. The number of hydrogen-bond donors (Lipinski definition) is 2. The Bertz CT molecular complexity index is 880. The average molecular weight is 323 g/mol. The van der Waals surface area contributed by atoms with Gasteiger partial charge in [-0.2, -0.15) is 0 Å². The molecule has 0 aliphatic carbocycles. The van der Waals surface area contributed by atoms with Crippen molar-refractivity contribution in [1.82, 2.24) is 10.5 Å². The maximum atomic E-state index is 10.8. The third kappa shape index (κ3) is 3.61. The van der Waals surface area contributed by atoms with Crippen LogP contribution >= 0.6 is 0 Å². The van der Waals surface area contributed by atoms with Gasteiger partial charge in [-0.25, -0.2) is 5.48 Å². The van der Waals surface area contributed by atoms with Gasteiger partial charge >= 0.3 is 0 Å². The van der Waals surface area contributed by atoms with Crippen molar-refractivity contribution >= 4 is 22.4 Å². The smallest absolute Gasteiger partial charge is 0.240 e. The number of nitrogens with zero attached hydrogens (tertiary/aromatic N) is 1. The van der Waals surface area contributed by atoms with Gasteiger partial charge in [-0.3, -0.25) is 14.6 Å². The minimum absolute atomic E-state index is 0.152. The van der Waals surface area contributed by atoms with E-state index in [1.165, 1.54) is 6.92 Å². The van der Waals surface area contributed by atoms with Crippen molar-refractivity contribution < 1.29 is 14.4 Å². The first kappa shape index (κ1) is 15.8. The highest BCUT2D eigenvalue weighted by atomic mass is 16.6. The summed E-state index contributed by atoms with van der Waals surface area (Å²) in [7, 11) is 0. The summed E-state index contributed by atoms with van der Waals surface area (Å²) >= 11 is 0. The van der Waals surface area contributed by atoms with Crippen LogP contribution in [0, 0.1) is 0 Å².